The molecule has 1 heterocycles. The van der Waals surface area contributed by atoms with E-state index in [1.54, 1.807) is 12.1 Å². The van der Waals surface area contributed by atoms with Crippen LogP contribution in [-0.4, -0.2) is 38.9 Å². The summed E-state index contributed by atoms with van der Waals surface area (Å²) in [5.41, 5.74) is 0.894. The molecular weight excluding hydrogens is 307 g/mol. The summed E-state index contributed by atoms with van der Waals surface area (Å²) in [5.74, 6) is 0. The van der Waals surface area contributed by atoms with Crippen LogP contribution in [0.1, 0.15) is 12.0 Å². The number of rotatable bonds is 2. The van der Waals surface area contributed by atoms with Crippen LogP contribution in [0.4, 0.5) is 0 Å². The molecule has 1 N–H and O–H groups in total. The Balaban J connectivity index is 0.00000180. The molecule has 1 aliphatic heterocycles. The standard InChI is InChI=1S/C12H17ClN2O2S.ClH/c1-10-3-4-11(13)12(9-10)18(16,17)15-7-2-5-14-6-8-15;/h3-4,9,14H,2,5-8H2,1H3;1H. The van der Waals surface area contributed by atoms with E-state index in [-0.39, 0.29) is 22.3 Å². The molecule has 0 atom stereocenters. The van der Waals surface area contributed by atoms with Gasteiger partial charge in [0.1, 0.15) is 4.90 Å². The third-order valence-corrected chi connectivity index (χ3v) is 5.38. The molecule has 0 unspecified atom stereocenters. The van der Waals surface area contributed by atoms with Crippen molar-refractivity contribution in [1.82, 2.24) is 9.62 Å². The lowest BCUT2D eigenvalue weighted by atomic mass is 10.2. The number of benzene rings is 1. The lowest BCUT2D eigenvalue weighted by Gasteiger charge is -2.20. The van der Waals surface area contributed by atoms with Gasteiger partial charge in [-0.15, -0.1) is 12.4 Å². The van der Waals surface area contributed by atoms with Gasteiger partial charge >= 0.3 is 0 Å². The molecule has 0 saturated carbocycles. The van der Waals surface area contributed by atoms with Crippen molar-refractivity contribution in [2.24, 2.45) is 0 Å². The minimum atomic E-state index is -3.48. The van der Waals surface area contributed by atoms with Crippen molar-refractivity contribution in [3.05, 3.63) is 28.8 Å². The summed E-state index contributed by atoms with van der Waals surface area (Å²) in [6, 6.07) is 5.08. The van der Waals surface area contributed by atoms with Crippen molar-refractivity contribution in [3.63, 3.8) is 0 Å². The molecule has 1 aliphatic rings. The van der Waals surface area contributed by atoms with E-state index < -0.39 is 10.0 Å². The lowest BCUT2D eigenvalue weighted by molar-refractivity contribution is 0.432. The van der Waals surface area contributed by atoms with Crippen LogP contribution in [0.15, 0.2) is 23.1 Å². The lowest BCUT2D eigenvalue weighted by Crippen LogP contribution is -2.34. The summed E-state index contributed by atoms with van der Waals surface area (Å²) >= 11 is 6.02. The highest BCUT2D eigenvalue weighted by atomic mass is 35.5. The molecule has 0 aromatic heterocycles. The zero-order chi connectivity index (χ0) is 13.2. The Hall–Kier alpha value is -0.330. The van der Waals surface area contributed by atoms with Crippen LogP contribution in [0.2, 0.25) is 5.02 Å². The Morgan fingerprint density at radius 3 is 2.74 bits per heavy atom. The first-order valence-corrected chi connectivity index (χ1v) is 7.80. The molecule has 7 heteroatoms. The number of halogens is 2. The van der Waals surface area contributed by atoms with Gasteiger partial charge in [-0.05, 0) is 37.6 Å². The summed E-state index contributed by atoms with van der Waals surface area (Å²) < 4.78 is 26.6. The second kappa shape index (κ2) is 6.90. The summed E-state index contributed by atoms with van der Waals surface area (Å²) in [4.78, 5) is 0.214. The first-order chi connectivity index (χ1) is 8.51. The second-order valence-electron chi connectivity index (χ2n) is 4.44. The number of hydrogen-bond donors (Lipinski definition) is 1. The first-order valence-electron chi connectivity index (χ1n) is 5.99. The summed E-state index contributed by atoms with van der Waals surface area (Å²) in [5, 5.41) is 3.48. The SMILES string of the molecule is Cc1ccc(Cl)c(S(=O)(=O)N2CCCNCC2)c1.Cl. The molecule has 0 bridgehead atoms. The predicted octanol–water partition coefficient (Wildman–Crippen LogP) is 2.05. The van der Waals surface area contributed by atoms with Crippen LogP contribution in [0.25, 0.3) is 0 Å². The maximum atomic E-state index is 12.5. The molecule has 0 radical (unpaired) electrons. The average Bonchev–Trinajstić information content (AvgIpc) is 2.61. The van der Waals surface area contributed by atoms with Gasteiger partial charge < -0.3 is 5.32 Å². The number of nitrogens with one attached hydrogen (secondary N) is 1. The Morgan fingerprint density at radius 2 is 2.00 bits per heavy atom. The van der Waals surface area contributed by atoms with Crippen molar-refractivity contribution in [2.45, 2.75) is 18.2 Å². The number of nitrogens with zero attached hydrogens (tertiary/aromatic N) is 1. The third-order valence-electron chi connectivity index (χ3n) is 3.00. The molecule has 108 valence electrons. The second-order valence-corrected chi connectivity index (χ2v) is 6.76. The molecule has 1 aromatic rings. The van der Waals surface area contributed by atoms with Gasteiger partial charge in [-0.3, -0.25) is 0 Å². The minimum absolute atomic E-state index is 0. The number of sulfonamides is 1. The fourth-order valence-electron chi connectivity index (χ4n) is 2.01. The molecule has 0 spiro atoms. The summed E-state index contributed by atoms with van der Waals surface area (Å²) in [6.45, 7) is 4.43. The van der Waals surface area contributed by atoms with Crippen molar-refractivity contribution < 1.29 is 8.42 Å². The molecule has 1 saturated heterocycles. The maximum absolute atomic E-state index is 12.5. The Labute approximate surface area is 125 Å². The predicted molar refractivity (Wildman–Crippen MR) is 79.7 cm³/mol. The summed E-state index contributed by atoms with van der Waals surface area (Å²) in [7, 11) is -3.48. The Kier molecular flexibility index (Phi) is 6.08. The van der Waals surface area contributed by atoms with Crippen LogP contribution in [0.3, 0.4) is 0 Å². The maximum Gasteiger partial charge on any atom is 0.244 e. The van der Waals surface area contributed by atoms with Crippen molar-refractivity contribution >= 4 is 34.0 Å². The highest BCUT2D eigenvalue weighted by Gasteiger charge is 2.27. The molecule has 19 heavy (non-hydrogen) atoms. The van der Waals surface area contributed by atoms with E-state index in [0.29, 0.717) is 19.6 Å². The van der Waals surface area contributed by atoms with E-state index in [9.17, 15) is 8.42 Å². The fraction of sp³-hybridized carbons (Fsp3) is 0.500. The molecule has 1 aromatic carbocycles. The van der Waals surface area contributed by atoms with Crippen LogP contribution < -0.4 is 5.32 Å². The van der Waals surface area contributed by atoms with E-state index >= 15 is 0 Å². The average molecular weight is 325 g/mol. The van der Waals surface area contributed by atoms with Gasteiger partial charge in [-0.1, -0.05) is 17.7 Å². The van der Waals surface area contributed by atoms with Crippen molar-refractivity contribution in [2.75, 3.05) is 26.2 Å². The van der Waals surface area contributed by atoms with E-state index in [4.69, 9.17) is 11.6 Å². The van der Waals surface area contributed by atoms with Crippen molar-refractivity contribution in [1.29, 1.82) is 0 Å². The molecule has 2 rings (SSSR count). The van der Waals surface area contributed by atoms with Gasteiger partial charge in [0.25, 0.3) is 0 Å². The monoisotopic (exact) mass is 324 g/mol. The zero-order valence-electron chi connectivity index (χ0n) is 10.7. The van der Waals surface area contributed by atoms with Gasteiger partial charge in [0.05, 0.1) is 5.02 Å². The fourth-order valence-corrected chi connectivity index (χ4v) is 4.05. The van der Waals surface area contributed by atoms with Gasteiger partial charge in [0.15, 0.2) is 0 Å². The van der Waals surface area contributed by atoms with Crippen molar-refractivity contribution in [3.8, 4) is 0 Å². The third kappa shape index (κ3) is 3.83. The minimum Gasteiger partial charge on any atom is -0.315 e. The summed E-state index contributed by atoms with van der Waals surface area (Å²) in [6.07, 6.45) is 0.822. The Bertz CT molecular complexity index is 527. The van der Waals surface area contributed by atoms with E-state index in [0.717, 1.165) is 18.5 Å². The molecule has 0 aliphatic carbocycles. The molecule has 4 nitrogen and oxygen atoms in total. The first kappa shape index (κ1) is 16.7. The van der Waals surface area contributed by atoms with E-state index in [1.165, 1.54) is 4.31 Å². The van der Waals surface area contributed by atoms with Crippen LogP contribution in [-0.2, 0) is 10.0 Å². The molecule has 1 fully saturated rings. The smallest absolute Gasteiger partial charge is 0.244 e. The van der Waals surface area contributed by atoms with Gasteiger partial charge in [0, 0.05) is 19.6 Å². The number of aryl methyl sites for hydroxylation is 1. The van der Waals surface area contributed by atoms with Gasteiger partial charge in [-0.25, -0.2) is 8.42 Å². The van der Waals surface area contributed by atoms with E-state index in [1.807, 2.05) is 13.0 Å². The highest BCUT2D eigenvalue weighted by Crippen LogP contribution is 2.25. The quantitative estimate of drug-likeness (QED) is 0.905. The Morgan fingerprint density at radius 1 is 1.26 bits per heavy atom. The number of hydrogen-bond acceptors (Lipinski definition) is 3. The molecule has 0 amide bonds. The van der Waals surface area contributed by atoms with Gasteiger partial charge in [0.2, 0.25) is 10.0 Å². The highest BCUT2D eigenvalue weighted by molar-refractivity contribution is 7.89. The van der Waals surface area contributed by atoms with Crippen LogP contribution in [0, 0.1) is 6.92 Å². The largest absolute Gasteiger partial charge is 0.315 e. The normalized spacial score (nSPS) is 17.6. The van der Waals surface area contributed by atoms with Crippen LogP contribution in [0.5, 0.6) is 0 Å². The topological polar surface area (TPSA) is 49.4 Å². The van der Waals surface area contributed by atoms with Crippen LogP contribution >= 0.6 is 24.0 Å². The van der Waals surface area contributed by atoms with E-state index in [2.05, 4.69) is 5.32 Å². The zero-order valence-corrected chi connectivity index (χ0v) is 13.1. The molecular formula is C12H18Cl2N2O2S. The van der Waals surface area contributed by atoms with Gasteiger partial charge in [-0.2, -0.15) is 4.31 Å².